The third-order valence-corrected chi connectivity index (χ3v) is 3.41. The van der Waals surface area contributed by atoms with Crippen molar-refractivity contribution in [3.8, 4) is 0 Å². The van der Waals surface area contributed by atoms with Crippen LogP contribution in [0, 0.1) is 0 Å². The molecule has 1 aromatic heterocycles. The largest absolute Gasteiger partial charge is 0.409 e. The van der Waals surface area contributed by atoms with Gasteiger partial charge in [-0.25, -0.2) is 4.98 Å². The third-order valence-electron chi connectivity index (χ3n) is 3.04. The van der Waals surface area contributed by atoms with Gasteiger partial charge in [0, 0.05) is 25.4 Å². The first kappa shape index (κ1) is 12.9. The Labute approximate surface area is 110 Å². The van der Waals surface area contributed by atoms with Crippen LogP contribution in [0.5, 0.6) is 0 Å². The molecule has 0 aliphatic carbocycles. The Balaban J connectivity index is 2.33. The lowest BCUT2D eigenvalue weighted by Gasteiger charge is -2.25. The van der Waals surface area contributed by atoms with Crippen LogP contribution in [0.15, 0.2) is 17.4 Å². The Morgan fingerprint density at radius 2 is 2.50 bits per heavy atom. The van der Waals surface area contributed by atoms with Crippen molar-refractivity contribution in [1.29, 1.82) is 0 Å². The number of likely N-dealkylation sites (N-methyl/N-ethyl adjacent to an activating group) is 1. The molecule has 0 spiro atoms. The van der Waals surface area contributed by atoms with Crippen molar-refractivity contribution in [3.63, 3.8) is 0 Å². The number of amidine groups is 1. The molecule has 1 aliphatic rings. The van der Waals surface area contributed by atoms with Crippen molar-refractivity contribution in [2.24, 2.45) is 10.9 Å². The van der Waals surface area contributed by atoms with Crippen molar-refractivity contribution >= 4 is 23.3 Å². The van der Waals surface area contributed by atoms with Gasteiger partial charge in [-0.3, -0.25) is 0 Å². The van der Waals surface area contributed by atoms with Crippen LogP contribution in [0.1, 0.15) is 12.0 Å². The molecule has 2 rings (SSSR count). The lowest BCUT2D eigenvalue weighted by molar-refractivity contribution is 0.193. The summed E-state index contributed by atoms with van der Waals surface area (Å²) in [5.74, 6) is 0.580. The summed E-state index contributed by atoms with van der Waals surface area (Å²) in [6, 6.07) is 1.86. The van der Waals surface area contributed by atoms with Gasteiger partial charge in [-0.1, -0.05) is 16.8 Å². The Bertz CT molecular complexity index is 460. The highest BCUT2D eigenvalue weighted by atomic mass is 35.5. The number of rotatable bonds is 3. The highest BCUT2D eigenvalue weighted by Gasteiger charge is 2.24. The van der Waals surface area contributed by atoms with E-state index in [9.17, 15) is 0 Å². The second kappa shape index (κ2) is 5.41. The number of nitrogens with zero attached hydrogens (tertiary/aromatic N) is 3. The molecule has 2 heterocycles. The normalized spacial score (nSPS) is 20.1. The van der Waals surface area contributed by atoms with E-state index in [4.69, 9.17) is 27.3 Å². The van der Waals surface area contributed by atoms with E-state index in [1.807, 2.05) is 11.9 Å². The lowest BCUT2D eigenvalue weighted by Crippen LogP contribution is -2.33. The van der Waals surface area contributed by atoms with Gasteiger partial charge in [0.05, 0.1) is 17.7 Å². The summed E-state index contributed by atoms with van der Waals surface area (Å²) in [6.07, 6.45) is 2.52. The maximum absolute atomic E-state index is 8.70. The maximum atomic E-state index is 8.70. The van der Waals surface area contributed by atoms with Gasteiger partial charge in [0.1, 0.15) is 5.82 Å². The average Bonchev–Trinajstić information content (AvgIpc) is 2.91. The van der Waals surface area contributed by atoms with E-state index < -0.39 is 0 Å². The monoisotopic (exact) mass is 270 g/mol. The van der Waals surface area contributed by atoms with Crippen molar-refractivity contribution in [1.82, 2.24) is 4.98 Å². The molecule has 1 saturated heterocycles. The number of anilines is 1. The number of ether oxygens (including phenoxy) is 1. The predicted octanol–water partition coefficient (Wildman–Crippen LogP) is 1.05. The van der Waals surface area contributed by atoms with Gasteiger partial charge in [-0.05, 0) is 12.5 Å². The number of halogens is 1. The van der Waals surface area contributed by atoms with Crippen molar-refractivity contribution in [2.45, 2.75) is 12.5 Å². The summed E-state index contributed by atoms with van der Waals surface area (Å²) in [4.78, 5) is 6.21. The van der Waals surface area contributed by atoms with Crippen LogP contribution in [0.3, 0.4) is 0 Å². The molecule has 7 heteroatoms. The van der Waals surface area contributed by atoms with Crippen LogP contribution in [-0.4, -0.2) is 42.3 Å². The first-order valence-corrected chi connectivity index (χ1v) is 5.96. The van der Waals surface area contributed by atoms with E-state index in [-0.39, 0.29) is 11.9 Å². The summed E-state index contributed by atoms with van der Waals surface area (Å²) >= 11 is 6.24. The SMILES string of the molecule is CN(c1nccc(/C(N)=N/O)c1Cl)C1CCOC1. The van der Waals surface area contributed by atoms with Gasteiger partial charge in [-0.2, -0.15) is 0 Å². The molecule has 6 nitrogen and oxygen atoms in total. The third kappa shape index (κ3) is 2.34. The molecule has 1 unspecified atom stereocenters. The highest BCUT2D eigenvalue weighted by molar-refractivity contribution is 6.36. The smallest absolute Gasteiger partial charge is 0.171 e. The van der Waals surface area contributed by atoms with Crippen LogP contribution >= 0.6 is 11.6 Å². The van der Waals surface area contributed by atoms with E-state index in [2.05, 4.69) is 10.1 Å². The van der Waals surface area contributed by atoms with E-state index in [1.165, 1.54) is 0 Å². The van der Waals surface area contributed by atoms with Gasteiger partial charge >= 0.3 is 0 Å². The number of pyridine rings is 1. The molecule has 1 aliphatic heterocycles. The molecular weight excluding hydrogens is 256 g/mol. The van der Waals surface area contributed by atoms with Gasteiger partial charge in [-0.15, -0.1) is 0 Å². The Hall–Kier alpha value is -1.53. The van der Waals surface area contributed by atoms with E-state index in [1.54, 1.807) is 12.3 Å². The number of nitrogens with two attached hydrogens (primary N) is 1. The minimum absolute atomic E-state index is 0.0280. The number of hydrogen-bond acceptors (Lipinski definition) is 5. The first-order chi connectivity index (χ1) is 8.65. The zero-order valence-corrected chi connectivity index (χ0v) is 10.8. The molecule has 1 fully saturated rings. The second-order valence-corrected chi connectivity index (χ2v) is 4.49. The van der Waals surface area contributed by atoms with E-state index in [0.29, 0.717) is 23.0 Å². The number of oxime groups is 1. The van der Waals surface area contributed by atoms with E-state index in [0.717, 1.165) is 13.0 Å². The Morgan fingerprint density at radius 1 is 1.72 bits per heavy atom. The van der Waals surface area contributed by atoms with Crippen LogP contribution in [0.4, 0.5) is 5.82 Å². The van der Waals surface area contributed by atoms with Crippen LogP contribution in [-0.2, 0) is 4.74 Å². The minimum Gasteiger partial charge on any atom is -0.409 e. The van der Waals surface area contributed by atoms with Crippen LogP contribution < -0.4 is 10.6 Å². The van der Waals surface area contributed by atoms with Gasteiger partial charge in [0.2, 0.25) is 0 Å². The Morgan fingerprint density at radius 3 is 3.11 bits per heavy atom. The van der Waals surface area contributed by atoms with Crippen molar-refractivity contribution < 1.29 is 9.94 Å². The molecule has 3 N–H and O–H groups in total. The summed E-state index contributed by atoms with van der Waals surface area (Å²) in [5, 5.41) is 12.0. The summed E-state index contributed by atoms with van der Waals surface area (Å²) < 4.78 is 5.34. The molecule has 1 aromatic rings. The molecule has 1 atom stereocenters. The average molecular weight is 271 g/mol. The summed E-state index contributed by atoms with van der Waals surface area (Å²) in [7, 11) is 1.91. The summed E-state index contributed by atoms with van der Waals surface area (Å²) in [5.41, 5.74) is 6.03. The maximum Gasteiger partial charge on any atom is 0.171 e. The quantitative estimate of drug-likeness (QED) is 0.371. The fraction of sp³-hybridized carbons (Fsp3) is 0.455. The zero-order chi connectivity index (χ0) is 13.1. The molecule has 98 valence electrons. The standard InChI is InChI=1S/C11H15ClN4O2/c1-16(7-3-5-18-6-7)11-9(12)8(2-4-14-11)10(13)15-17/h2,4,7,17H,3,5-6H2,1H3,(H2,13,15). The minimum atomic E-state index is -0.0280. The fourth-order valence-electron chi connectivity index (χ4n) is 1.93. The number of aromatic nitrogens is 1. The molecule has 0 aromatic carbocycles. The van der Waals surface area contributed by atoms with E-state index >= 15 is 0 Å². The van der Waals surface area contributed by atoms with Crippen molar-refractivity contribution in [2.75, 3.05) is 25.2 Å². The first-order valence-electron chi connectivity index (χ1n) is 5.58. The Kier molecular flexibility index (Phi) is 3.88. The lowest BCUT2D eigenvalue weighted by atomic mass is 10.2. The van der Waals surface area contributed by atoms with Crippen LogP contribution in [0.2, 0.25) is 5.02 Å². The molecule has 0 radical (unpaired) electrons. The predicted molar refractivity (Wildman–Crippen MR) is 69.4 cm³/mol. The molecule has 18 heavy (non-hydrogen) atoms. The van der Waals surface area contributed by atoms with Gasteiger partial charge < -0.3 is 20.6 Å². The number of hydrogen-bond donors (Lipinski definition) is 2. The zero-order valence-electron chi connectivity index (χ0n) is 10.0. The molecule has 0 saturated carbocycles. The molecule has 0 bridgehead atoms. The topological polar surface area (TPSA) is 84.0 Å². The van der Waals surface area contributed by atoms with Crippen molar-refractivity contribution in [3.05, 3.63) is 22.8 Å². The van der Waals surface area contributed by atoms with Crippen LogP contribution in [0.25, 0.3) is 0 Å². The second-order valence-electron chi connectivity index (χ2n) is 4.11. The fourth-order valence-corrected chi connectivity index (χ4v) is 2.27. The summed E-state index contributed by atoms with van der Waals surface area (Å²) in [6.45, 7) is 1.40. The van der Waals surface area contributed by atoms with Gasteiger partial charge in [0.25, 0.3) is 0 Å². The van der Waals surface area contributed by atoms with Gasteiger partial charge in [0.15, 0.2) is 5.84 Å². The molecular formula is C11H15ClN4O2. The molecule has 0 amide bonds. The highest BCUT2D eigenvalue weighted by Crippen LogP contribution is 2.28.